The van der Waals surface area contributed by atoms with E-state index < -0.39 is 6.10 Å². The lowest BCUT2D eigenvalue weighted by molar-refractivity contribution is -0.129. The van der Waals surface area contributed by atoms with Crippen LogP contribution in [0.1, 0.15) is 46.6 Å². The van der Waals surface area contributed by atoms with E-state index in [0.29, 0.717) is 0 Å². The van der Waals surface area contributed by atoms with E-state index in [9.17, 15) is 4.79 Å². The minimum Gasteiger partial charge on any atom is -0.481 e. The third kappa shape index (κ3) is 5.76. The maximum atomic E-state index is 12.2. The number of ether oxygens (including phenoxy) is 1. The van der Waals surface area contributed by atoms with Crippen molar-refractivity contribution in [2.75, 3.05) is 0 Å². The van der Waals surface area contributed by atoms with Crippen LogP contribution in [-0.2, 0) is 11.2 Å². The lowest BCUT2D eigenvalue weighted by Gasteiger charge is -2.27. The van der Waals surface area contributed by atoms with E-state index in [1.807, 2.05) is 52.0 Å². The smallest absolute Gasteiger partial charge is 0.261 e. The Hall–Kier alpha value is -1.55. The van der Waals surface area contributed by atoms with Gasteiger partial charge in [0.25, 0.3) is 5.91 Å². The largest absolute Gasteiger partial charge is 0.481 e. The number of carbonyl (C=O) groups excluding carboxylic acids is 1. The Morgan fingerprint density at radius 2 is 1.95 bits per heavy atom. The molecule has 0 aliphatic carbocycles. The highest BCUT2D eigenvalue weighted by Crippen LogP contribution is 2.21. The van der Waals surface area contributed by atoms with Crippen molar-refractivity contribution in [2.45, 2.75) is 65.1 Å². The average Bonchev–Trinajstić information content (AvgIpc) is 2.40. The maximum absolute atomic E-state index is 12.2. The minimum atomic E-state index is -0.537. The summed E-state index contributed by atoms with van der Waals surface area (Å²) in [6.45, 7) is 9.77. The Kier molecular flexibility index (Phi) is 6.21. The summed E-state index contributed by atoms with van der Waals surface area (Å²) >= 11 is 0. The molecular weight excluding hydrogens is 264 g/mol. The molecule has 0 fully saturated rings. The van der Waals surface area contributed by atoms with E-state index in [-0.39, 0.29) is 17.5 Å². The molecule has 0 aromatic heterocycles. The predicted molar refractivity (Wildman–Crippen MR) is 86.4 cm³/mol. The topological polar surface area (TPSA) is 64.3 Å². The molecular formula is C17H28N2O2. The number of hydrogen-bond acceptors (Lipinski definition) is 3. The third-order valence-electron chi connectivity index (χ3n) is 3.53. The maximum Gasteiger partial charge on any atom is 0.261 e. The molecule has 118 valence electrons. The quantitative estimate of drug-likeness (QED) is 0.812. The van der Waals surface area contributed by atoms with Gasteiger partial charge < -0.3 is 15.8 Å². The molecule has 1 rings (SSSR count). The van der Waals surface area contributed by atoms with E-state index >= 15 is 0 Å². The number of nitrogens with two attached hydrogens (primary N) is 1. The molecule has 0 aliphatic heterocycles. The first kappa shape index (κ1) is 17.5. The summed E-state index contributed by atoms with van der Waals surface area (Å²) in [4.78, 5) is 12.2. The number of amides is 1. The Morgan fingerprint density at radius 3 is 2.52 bits per heavy atom. The molecule has 0 saturated heterocycles. The van der Waals surface area contributed by atoms with Crippen LogP contribution < -0.4 is 15.8 Å². The Balaban J connectivity index is 2.74. The van der Waals surface area contributed by atoms with Gasteiger partial charge in [0.1, 0.15) is 5.75 Å². The molecule has 1 aromatic carbocycles. The molecule has 0 radical (unpaired) electrons. The van der Waals surface area contributed by atoms with E-state index in [1.54, 1.807) is 6.92 Å². The average molecular weight is 292 g/mol. The Morgan fingerprint density at radius 1 is 1.33 bits per heavy atom. The lowest BCUT2D eigenvalue weighted by atomic mass is 10.0. The summed E-state index contributed by atoms with van der Waals surface area (Å²) in [6.07, 6.45) is 1.06. The van der Waals surface area contributed by atoms with Gasteiger partial charge in [0.05, 0.1) is 0 Å². The highest BCUT2D eigenvalue weighted by Gasteiger charge is 2.23. The molecule has 0 aliphatic rings. The van der Waals surface area contributed by atoms with E-state index in [1.165, 1.54) is 0 Å². The van der Waals surface area contributed by atoms with Crippen LogP contribution in [0.15, 0.2) is 24.3 Å². The summed E-state index contributed by atoms with van der Waals surface area (Å²) in [7, 11) is 0. The Labute approximate surface area is 128 Å². The van der Waals surface area contributed by atoms with Gasteiger partial charge in [-0.15, -0.1) is 0 Å². The van der Waals surface area contributed by atoms with Gasteiger partial charge >= 0.3 is 0 Å². The zero-order chi connectivity index (χ0) is 16.0. The molecule has 0 saturated carbocycles. The van der Waals surface area contributed by atoms with Gasteiger partial charge in [-0.3, -0.25) is 4.79 Å². The second kappa shape index (κ2) is 7.46. The van der Waals surface area contributed by atoms with Crippen molar-refractivity contribution >= 4 is 5.91 Å². The predicted octanol–water partition coefficient (Wildman–Crippen LogP) is 2.65. The van der Waals surface area contributed by atoms with Crippen LogP contribution in [-0.4, -0.2) is 23.6 Å². The summed E-state index contributed by atoms with van der Waals surface area (Å²) in [5, 5.41) is 3.00. The fourth-order valence-corrected chi connectivity index (χ4v) is 1.90. The molecule has 1 aromatic rings. The molecule has 4 nitrogen and oxygen atoms in total. The monoisotopic (exact) mass is 292 g/mol. The minimum absolute atomic E-state index is 0.0536. The molecule has 0 spiro atoms. The van der Waals surface area contributed by atoms with Crippen molar-refractivity contribution in [1.82, 2.24) is 5.32 Å². The van der Waals surface area contributed by atoms with Crippen LogP contribution in [0, 0.1) is 0 Å². The second-order valence-electron chi connectivity index (χ2n) is 6.28. The number of benzene rings is 1. The van der Waals surface area contributed by atoms with Crippen molar-refractivity contribution in [3.8, 4) is 5.75 Å². The van der Waals surface area contributed by atoms with Gasteiger partial charge in [-0.05, 0) is 52.2 Å². The first-order chi connectivity index (χ1) is 9.75. The molecule has 2 unspecified atom stereocenters. The normalized spacial score (nSPS) is 14.4. The highest BCUT2D eigenvalue weighted by atomic mass is 16.5. The number of rotatable bonds is 7. The van der Waals surface area contributed by atoms with Crippen LogP contribution >= 0.6 is 0 Å². The van der Waals surface area contributed by atoms with Gasteiger partial charge in [-0.2, -0.15) is 0 Å². The SMILES string of the molecule is CCC(C)(C)NC(=O)C(C)Oc1ccccc1CC(C)N. The lowest BCUT2D eigenvalue weighted by Crippen LogP contribution is -2.48. The van der Waals surface area contributed by atoms with Gasteiger partial charge in [-0.25, -0.2) is 0 Å². The van der Waals surface area contributed by atoms with Crippen molar-refractivity contribution in [3.05, 3.63) is 29.8 Å². The van der Waals surface area contributed by atoms with Crippen LogP contribution in [0.2, 0.25) is 0 Å². The zero-order valence-corrected chi connectivity index (χ0v) is 13.8. The number of para-hydroxylation sites is 1. The van der Waals surface area contributed by atoms with E-state index in [0.717, 1.165) is 24.2 Å². The third-order valence-corrected chi connectivity index (χ3v) is 3.53. The van der Waals surface area contributed by atoms with Gasteiger partial charge in [0, 0.05) is 11.6 Å². The highest BCUT2D eigenvalue weighted by molar-refractivity contribution is 5.81. The van der Waals surface area contributed by atoms with E-state index in [2.05, 4.69) is 5.32 Å². The standard InChI is InChI=1S/C17H28N2O2/c1-6-17(4,5)19-16(20)13(3)21-15-10-8-7-9-14(15)11-12(2)18/h7-10,12-13H,6,11,18H2,1-5H3,(H,19,20). The van der Waals surface area contributed by atoms with Crippen LogP contribution in [0.5, 0.6) is 5.75 Å². The summed E-state index contributed by atoms with van der Waals surface area (Å²) < 4.78 is 5.83. The second-order valence-corrected chi connectivity index (χ2v) is 6.28. The fourth-order valence-electron chi connectivity index (χ4n) is 1.90. The molecule has 4 heteroatoms. The fraction of sp³-hybridized carbons (Fsp3) is 0.588. The zero-order valence-electron chi connectivity index (χ0n) is 13.8. The van der Waals surface area contributed by atoms with Gasteiger partial charge in [0.15, 0.2) is 6.10 Å². The number of hydrogen-bond donors (Lipinski definition) is 2. The van der Waals surface area contributed by atoms with Crippen molar-refractivity contribution < 1.29 is 9.53 Å². The van der Waals surface area contributed by atoms with Crippen LogP contribution in [0.3, 0.4) is 0 Å². The Bertz CT molecular complexity index is 470. The van der Waals surface area contributed by atoms with Crippen LogP contribution in [0.25, 0.3) is 0 Å². The summed E-state index contributed by atoms with van der Waals surface area (Å²) in [5.41, 5.74) is 6.66. The van der Waals surface area contributed by atoms with Gasteiger partial charge in [-0.1, -0.05) is 25.1 Å². The van der Waals surface area contributed by atoms with Crippen molar-refractivity contribution in [2.24, 2.45) is 5.73 Å². The van der Waals surface area contributed by atoms with E-state index in [4.69, 9.17) is 10.5 Å². The van der Waals surface area contributed by atoms with Gasteiger partial charge in [0.2, 0.25) is 0 Å². The first-order valence-corrected chi connectivity index (χ1v) is 7.57. The molecule has 0 bridgehead atoms. The molecule has 21 heavy (non-hydrogen) atoms. The summed E-state index contributed by atoms with van der Waals surface area (Å²) in [6, 6.07) is 7.78. The first-order valence-electron chi connectivity index (χ1n) is 7.57. The number of carbonyl (C=O) groups is 1. The summed E-state index contributed by atoms with van der Waals surface area (Å²) in [5.74, 6) is 0.629. The molecule has 2 atom stereocenters. The molecule has 0 heterocycles. The van der Waals surface area contributed by atoms with Crippen molar-refractivity contribution in [3.63, 3.8) is 0 Å². The molecule has 3 N–H and O–H groups in total. The van der Waals surface area contributed by atoms with Crippen molar-refractivity contribution in [1.29, 1.82) is 0 Å². The number of nitrogens with one attached hydrogen (secondary N) is 1. The molecule has 1 amide bonds. The van der Waals surface area contributed by atoms with Crippen LogP contribution in [0.4, 0.5) is 0 Å².